The molecule has 2 aliphatic heterocycles. The van der Waals surface area contributed by atoms with Crippen molar-refractivity contribution in [3.8, 4) is 5.69 Å². The van der Waals surface area contributed by atoms with Crippen LogP contribution < -0.4 is 0 Å². The molecule has 34 heavy (non-hydrogen) atoms. The van der Waals surface area contributed by atoms with Crippen LogP contribution in [0, 0.1) is 5.92 Å². The molecule has 0 saturated carbocycles. The van der Waals surface area contributed by atoms with Crippen molar-refractivity contribution < 1.29 is 9.59 Å². The average molecular weight is 524 g/mol. The van der Waals surface area contributed by atoms with Crippen LogP contribution in [0.4, 0.5) is 0 Å². The molecule has 2 aliphatic rings. The monoisotopic (exact) mass is 523 g/mol. The number of piperazine rings is 1. The van der Waals surface area contributed by atoms with E-state index in [1.54, 1.807) is 6.92 Å². The lowest BCUT2D eigenvalue weighted by atomic mass is 9.95. The Bertz CT molecular complexity index is 1190. The molecule has 0 spiro atoms. The van der Waals surface area contributed by atoms with E-state index in [4.69, 9.17) is 4.98 Å². The molecular weight excluding hydrogens is 494 g/mol. The molecule has 0 radical (unpaired) electrons. The van der Waals surface area contributed by atoms with E-state index >= 15 is 0 Å². The van der Waals surface area contributed by atoms with Gasteiger partial charge in [-0.3, -0.25) is 19.1 Å². The Morgan fingerprint density at radius 3 is 2.35 bits per heavy atom. The lowest BCUT2D eigenvalue weighted by Gasteiger charge is -2.38. The predicted octanol–water partition coefficient (Wildman–Crippen LogP) is 3.69. The number of para-hydroxylation sites is 2. The van der Waals surface area contributed by atoms with E-state index in [1.807, 2.05) is 28.0 Å². The van der Waals surface area contributed by atoms with Gasteiger partial charge >= 0.3 is 0 Å². The van der Waals surface area contributed by atoms with Gasteiger partial charge in [-0.2, -0.15) is 0 Å². The van der Waals surface area contributed by atoms with Crippen molar-refractivity contribution in [2.75, 3.05) is 39.3 Å². The first-order valence-electron chi connectivity index (χ1n) is 12.0. The quantitative estimate of drug-likeness (QED) is 0.523. The summed E-state index contributed by atoms with van der Waals surface area (Å²) in [6.07, 6.45) is 1.73. The molecule has 178 valence electrons. The summed E-state index contributed by atoms with van der Waals surface area (Å²) in [6, 6.07) is 16.6. The first-order valence-corrected chi connectivity index (χ1v) is 12.8. The number of hydrogen-bond donors (Lipinski definition) is 0. The highest BCUT2D eigenvalue weighted by atomic mass is 79.9. The van der Waals surface area contributed by atoms with Gasteiger partial charge in [0.1, 0.15) is 5.82 Å². The van der Waals surface area contributed by atoms with E-state index in [9.17, 15) is 9.59 Å². The van der Waals surface area contributed by atoms with E-state index in [0.29, 0.717) is 26.2 Å². The fourth-order valence-corrected chi connectivity index (χ4v) is 5.51. The summed E-state index contributed by atoms with van der Waals surface area (Å²) in [5.74, 6) is 1.44. The summed E-state index contributed by atoms with van der Waals surface area (Å²) in [5.41, 5.74) is 3.19. The summed E-state index contributed by atoms with van der Waals surface area (Å²) in [5, 5.41) is 0. The molecule has 2 amide bonds. The van der Waals surface area contributed by atoms with Crippen LogP contribution in [-0.2, 0) is 16.1 Å². The van der Waals surface area contributed by atoms with Gasteiger partial charge in [-0.15, -0.1) is 0 Å². The predicted molar refractivity (Wildman–Crippen MR) is 136 cm³/mol. The average Bonchev–Trinajstić information content (AvgIpc) is 3.22. The highest BCUT2D eigenvalue weighted by Crippen LogP contribution is 2.27. The Labute approximate surface area is 208 Å². The molecule has 8 heteroatoms. The third-order valence-corrected chi connectivity index (χ3v) is 7.53. The van der Waals surface area contributed by atoms with Crippen LogP contribution in [0.2, 0.25) is 0 Å². The van der Waals surface area contributed by atoms with Crippen molar-refractivity contribution in [1.29, 1.82) is 0 Å². The number of likely N-dealkylation sites (tertiary alicyclic amines) is 1. The molecular formula is C26H30BrN5O2. The summed E-state index contributed by atoms with van der Waals surface area (Å²) < 4.78 is 3.28. The van der Waals surface area contributed by atoms with Gasteiger partial charge in [0.25, 0.3) is 0 Å². The molecule has 0 N–H and O–H groups in total. The van der Waals surface area contributed by atoms with Crippen LogP contribution in [-0.4, -0.2) is 75.3 Å². The van der Waals surface area contributed by atoms with E-state index < -0.39 is 0 Å². The zero-order chi connectivity index (χ0) is 23.7. The van der Waals surface area contributed by atoms with Gasteiger partial charge in [0.15, 0.2) is 0 Å². The molecule has 2 aromatic carbocycles. The summed E-state index contributed by atoms with van der Waals surface area (Å²) in [7, 11) is 0. The fourth-order valence-electron chi connectivity index (χ4n) is 5.12. The van der Waals surface area contributed by atoms with Crippen molar-refractivity contribution in [3.63, 3.8) is 0 Å². The molecule has 7 nitrogen and oxygen atoms in total. The van der Waals surface area contributed by atoms with Crippen LogP contribution in [0.1, 0.15) is 25.6 Å². The van der Waals surface area contributed by atoms with E-state index in [-0.39, 0.29) is 17.7 Å². The topological polar surface area (TPSA) is 61.7 Å². The largest absolute Gasteiger partial charge is 0.339 e. The lowest BCUT2D eigenvalue weighted by molar-refractivity contribution is -0.142. The molecule has 2 saturated heterocycles. The van der Waals surface area contributed by atoms with Gasteiger partial charge in [0.2, 0.25) is 11.8 Å². The van der Waals surface area contributed by atoms with Crippen molar-refractivity contribution in [3.05, 3.63) is 58.8 Å². The SMILES string of the molecule is CC(=O)N1CCN(C(=O)C2CCN(Cc3nc4ccccc4n3-c3cccc(Br)c3)CC2)CC1. The van der Waals surface area contributed by atoms with Gasteiger partial charge in [-0.1, -0.05) is 34.1 Å². The number of hydrogen-bond acceptors (Lipinski definition) is 4. The number of aromatic nitrogens is 2. The van der Waals surface area contributed by atoms with Gasteiger partial charge in [0.05, 0.1) is 17.6 Å². The zero-order valence-electron chi connectivity index (χ0n) is 19.5. The Kier molecular flexibility index (Phi) is 6.70. The number of halogens is 1. The number of rotatable bonds is 4. The number of benzene rings is 2. The van der Waals surface area contributed by atoms with Crippen molar-refractivity contribution in [1.82, 2.24) is 24.3 Å². The van der Waals surface area contributed by atoms with Gasteiger partial charge < -0.3 is 9.80 Å². The number of amides is 2. The van der Waals surface area contributed by atoms with Gasteiger partial charge in [0, 0.05) is 49.2 Å². The zero-order valence-corrected chi connectivity index (χ0v) is 21.1. The van der Waals surface area contributed by atoms with Crippen LogP contribution >= 0.6 is 15.9 Å². The minimum absolute atomic E-state index is 0.0732. The highest BCUT2D eigenvalue weighted by molar-refractivity contribution is 9.10. The minimum Gasteiger partial charge on any atom is -0.339 e. The van der Waals surface area contributed by atoms with E-state index in [1.165, 1.54) is 0 Å². The first kappa shape index (κ1) is 23.1. The normalized spacial score (nSPS) is 17.9. The number of fused-ring (bicyclic) bond motifs is 1. The Hall–Kier alpha value is -2.71. The smallest absolute Gasteiger partial charge is 0.225 e. The van der Waals surface area contributed by atoms with E-state index in [0.717, 1.165) is 59.5 Å². The molecule has 2 fully saturated rings. The summed E-state index contributed by atoms with van der Waals surface area (Å²) in [4.78, 5) is 35.8. The molecule has 0 bridgehead atoms. The molecule has 0 aliphatic carbocycles. The van der Waals surface area contributed by atoms with Gasteiger partial charge in [-0.05, 0) is 56.3 Å². The maximum atomic E-state index is 13.1. The summed E-state index contributed by atoms with van der Waals surface area (Å²) >= 11 is 3.60. The maximum absolute atomic E-state index is 13.1. The number of carbonyl (C=O) groups excluding carboxylic acids is 2. The first-order chi connectivity index (χ1) is 16.5. The Morgan fingerprint density at radius 1 is 0.941 bits per heavy atom. The minimum atomic E-state index is 0.0732. The number of imidazole rings is 1. The molecule has 5 rings (SSSR count). The fraction of sp³-hybridized carbons (Fsp3) is 0.423. The van der Waals surface area contributed by atoms with Crippen molar-refractivity contribution >= 4 is 38.8 Å². The number of carbonyl (C=O) groups is 2. The second-order valence-electron chi connectivity index (χ2n) is 9.21. The third kappa shape index (κ3) is 4.74. The second-order valence-corrected chi connectivity index (χ2v) is 10.1. The van der Waals surface area contributed by atoms with Crippen LogP contribution in [0.3, 0.4) is 0 Å². The molecule has 3 heterocycles. The number of piperidine rings is 1. The second kappa shape index (κ2) is 9.88. The maximum Gasteiger partial charge on any atom is 0.225 e. The molecule has 0 unspecified atom stereocenters. The highest BCUT2D eigenvalue weighted by Gasteiger charge is 2.31. The third-order valence-electron chi connectivity index (χ3n) is 7.04. The number of nitrogens with zero attached hydrogens (tertiary/aromatic N) is 5. The lowest BCUT2D eigenvalue weighted by Crippen LogP contribution is -2.52. The molecule has 0 atom stereocenters. The van der Waals surface area contributed by atoms with Crippen LogP contribution in [0.25, 0.3) is 16.7 Å². The van der Waals surface area contributed by atoms with Crippen molar-refractivity contribution in [2.24, 2.45) is 5.92 Å². The van der Waals surface area contributed by atoms with Gasteiger partial charge in [-0.25, -0.2) is 4.98 Å². The Balaban J connectivity index is 1.26. The Morgan fingerprint density at radius 2 is 1.65 bits per heavy atom. The summed E-state index contributed by atoms with van der Waals surface area (Å²) in [6.45, 7) is 6.69. The van der Waals surface area contributed by atoms with Crippen LogP contribution in [0.15, 0.2) is 53.0 Å². The molecule has 1 aromatic heterocycles. The van der Waals surface area contributed by atoms with Crippen molar-refractivity contribution in [2.45, 2.75) is 26.3 Å². The van der Waals surface area contributed by atoms with Crippen LogP contribution in [0.5, 0.6) is 0 Å². The molecule has 3 aromatic rings. The van der Waals surface area contributed by atoms with E-state index in [2.05, 4.69) is 55.7 Å². The standard InChI is InChI=1S/C26H30BrN5O2/c1-19(33)30-13-15-31(16-14-30)26(34)20-9-11-29(12-10-20)18-25-28-23-7-2-3-8-24(23)32(25)22-6-4-5-21(27)17-22/h2-8,17,20H,9-16,18H2,1H3.